The van der Waals surface area contributed by atoms with Gasteiger partial charge in [-0.3, -0.25) is 0 Å². The minimum atomic E-state index is -0.452. The predicted octanol–water partition coefficient (Wildman–Crippen LogP) is 1.68. The summed E-state index contributed by atoms with van der Waals surface area (Å²) in [7, 11) is 1.82. The van der Waals surface area contributed by atoms with Gasteiger partial charge in [0.05, 0.1) is 0 Å². The molecular formula is C15H30N4O2. The van der Waals surface area contributed by atoms with Crippen molar-refractivity contribution < 1.29 is 9.53 Å². The zero-order valence-electron chi connectivity index (χ0n) is 14.0. The van der Waals surface area contributed by atoms with E-state index in [2.05, 4.69) is 10.2 Å². The third kappa shape index (κ3) is 5.36. The zero-order chi connectivity index (χ0) is 16.0. The van der Waals surface area contributed by atoms with Crippen LogP contribution >= 0.6 is 0 Å². The van der Waals surface area contributed by atoms with Gasteiger partial charge in [0, 0.05) is 38.9 Å². The van der Waals surface area contributed by atoms with E-state index in [1.54, 1.807) is 11.1 Å². The van der Waals surface area contributed by atoms with E-state index in [1.807, 2.05) is 34.7 Å². The summed E-state index contributed by atoms with van der Waals surface area (Å²) in [6.07, 6.45) is 3.19. The molecule has 0 aromatic carbocycles. The molecule has 0 bridgehead atoms. The first kappa shape index (κ1) is 17.5. The lowest BCUT2D eigenvalue weighted by Gasteiger charge is -2.39. The molecule has 1 fully saturated rings. The summed E-state index contributed by atoms with van der Waals surface area (Å²) >= 11 is 0. The van der Waals surface area contributed by atoms with Crippen LogP contribution in [0.3, 0.4) is 0 Å². The molecule has 122 valence electrons. The molecular weight excluding hydrogens is 268 g/mol. The first-order valence-corrected chi connectivity index (χ1v) is 7.65. The van der Waals surface area contributed by atoms with Gasteiger partial charge in [-0.15, -0.1) is 0 Å². The van der Waals surface area contributed by atoms with Gasteiger partial charge in [-0.2, -0.15) is 0 Å². The largest absolute Gasteiger partial charge is 0.444 e. The second-order valence-electron chi connectivity index (χ2n) is 6.39. The number of carbonyl (C=O) groups is 1. The summed E-state index contributed by atoms with van der Waals surface area (Å²) in [6, 6.07) is 0.219. The van der Waals surface area contributed by atoms with E-state index in [-0.39, 0.29) is 12.1 Å². The number of hydrogen-bond acceptors (Lipinski definition) is 5. The van der Waals surface area contributed by atoms with Crippen molar-refractivity contribution in [3.8, 4) is 0 Å². The monoisotopic (exact) mass is 298 g/mol. The molecule has 1 aliphatic heterocycles. The van der Waals surface area contributed by atoms with Gasteiger partial charge in [0.25, 0.3) is 0 Å². The minimum absolute atomic E-state index is 0.219. The third-order valence-electron chi connectivity index (χ3n) is 3.55. The van der Waals surface area contributed by atoms with Gasteiger partial charge in [0.2, 0.25) is 0 Å². The van der Waals surface area contributed by atoms with E-state index in [0.29, 0.717) is 0 Å². The SMILES string of the molecule is CCN/C(=C\N)N1CCC(N(C)C(=O)OC(C)(C)C)CC1. The molecule has 1 saturated heterocycles. The van der Waals surface area contributed by atoms with Crippen molar-refractivity contribution in [2.45, 2.75) is 52.2 Å². The molecule has 0 unspecified atom stereocenters. The second-order valence-corrected chi connectivity index (χ2v) is 6.39. The van der Waals surface area contributed by atoms with Gasteiger partial charge < -0.3 is 25.6 Å². The molecule has 0 spiro atoms. The van der Waals surface area contributed by atoms with Crippen LogP contribution < -0.4 is 11.1 Å². The average molecular weight is 298 g/mol. The Morgan fingerprint density at radius 2 is 2.00 bits per heavy atom. The van der Waals surface area contributed by atoms with E-state index in [4.69, 9.17) is 10.5 Å². The predicted molar refractivity (Wildman–Crippen MR) is 84.5 cm³/mol. The van der Waals surface area contributed by atoms with E-state index in [0.717, 1.165) is 38.3 Å². The highest BCUT2D eigenvalue weighted by molar-refractivity contribution is 5.68. The molecule has 0 saturated carbocycles. The first-order chi connectivity index (χ1) is 9.78. The van der Waals surface area contributed by atoms with Gasteiger partial charge in [-0.25, -0.2) is 4.79 Å². The lowest BCUT2D eigenvalue weighted by Crippen LogP contribution is -2.48. The summed E-state index contributed by atoms with van der Waals surface area (Å²) in [5, 5.41) is 3.26. The normalized spacial score (nSPS) is 17.6. The zero-order valence-corrected chi connectivity index (χ0v) is 14.0. The summed E-state index contributed by atoms with van der Waals surface area (Å²) < 4.78 is 5.42. The van der Waals surface area contributed by atoms with Crippen LogP contribution in [0.15, 0.2) is 12.0 Å². The summed E-state index contributed by atoms with van der Waals surface area (Å²) in [4.78, 5) is 16.0. The molecule has 0 radical (unpaired) electrons. The Morgan fingerprint density at radius 3 is 2.43 bits per heavy atom. The number of hydrogen-bond donors (Lipinski definition) is 2. The van der Waals surface area contributed by atoms with Crippen molar-refractivity contribution >= 4 is 6.09 Å². The Labute approximate surface area is 128 Å². The van der Waals surface area contributed by atoms with E-state index < -0.39 is 5.60 Å². The Bertz CT molecular complexity index is 368. The molecule has 1 rings (SSSR count). The lowest BCUT2D eigenvalue weighted by molar-refractivity contribution is 0.0163. The number of piperidine rings is 1. The van der Waals surface area contributed by atoms with Gasteiger partial charge in [-0.1, -0.05) is 0 Å². The smallest absolute Gasteiger partial charge is 0.410 e. The van der Waals surface area contributed by atoms with Crippen LogP contribution in [0.25, 0.3) is 0 Å². The standard InChI is InChI=1S/C15H30N4O2/c1-6-17-13(11-16)19-9-7-12(8-10-19)18(5)14(20)21-15(2,3)4/h11-12,17H,6-10,16H2,1-5H3/b13-11+. The number of ether oxygens (including phenoxy) is 1. The van der Waals surface area contributed by atoms with E-state index in [9.17, 15) is 4.79 Å². The fourth-order valence-electron chi connectivity index (χ4n) is 2.43. The molecule has 1 heterocycles. The number of rotatable bonds is 4. The molecule has 21 heavy (non-hydrogen) atoms. The highest BCUT2D eigenvalue weighted by Gasteiger charge is 2.28. The minimum Gasteiger partial charge on any atom is -0.444 e. The Kier molecular flexibility index (Phi) is 6.18. The molecule has 1 amide bonds. The van der Waals surface area contributed by atoms with Crippen LogP contribution in [-0.2, 0) is 4.74 Å². The van der Waals surface area contributed by atoms with Crippen LogP contribution in [-0.4, -0.2) is 54.2 Å². The Morgan fingerprint density at radius 1 is 1.43 bits per heavy atom. The molecule has 6 heteroatoms. The van der Waals surface area contributed by atoms with Crippen molar-refractivity contribution in [2.75, 3.05) is 26.7 Å². The summed E-state index contributed by atoms with van der Waals surface area (Å²) in [5.41, 5.74) is 5.20. The van der Waals surface area contributed by atoms with Crippen molar-refractivity contribution in [2.24, 2.45) is 5.73 Å². The number of nitrogens with two attached hydrogens (primary N) is 1. The van der Waals surface area contributed by atoms with Crippen LogP contribution in [0.5, 0.6) is 0 Å². The molecule has 0 aliphatic carbocycles. The van der Waals surface area contributed by atoms with Crippen LogP contribution in [0, 0.1) is 0 Å². The molecule has 3 N–H and O–H groups in total. The quantitative estimate of drug-likeness (QED) is 0.826. The van der Waals surface area contributed by atoms with E-state index in [1.165, 1.54) is 0 Å². The second kappa shape index (κ2) is 7.43. The number of likely N-dealkylation sites (tertiary alicyclic amines) is 1. The Hall–Kier alpha value is -1.59. The van der Waals surface area contributed by atoms with Gasteiger partial charge in [0.15, 0.2) is 0 Å². The fourth-order valence-corrected chi connectivity index (χ4v) is 2.43. The number of nitrogens with one attached hydrogen (secondary N) is 1. The number of carbonyl (C=O) groups excluding carboxylic acids is 1. The number of amides is 1. The molecule has 6 nitrogen and oxygen atoms in total. The van der Waals surface area contributed by atoms with E-state index >= 15 is 0 Å². The molecule has 0 aromatic heterocycles. The van der Waals surface area contributed by atoms with Crippen LogP contribution in [0.4, 0.5) is 4.79 Å². The molecule has 0 atom stereocenters. The van der Waals surface area contributed by atoms with Crippen LogP contribution in [0.1, 0.15) is 40.5 Å². The average Bonchev–Trinajstić information content (AvgIpc) is 2.42. The fraction of sp³-hybridized carbons (Fsp3) is 0.800. The van der Waals surface area contributed by atoms with Crippen molar-refractivity contribution in [3.63, 3.8) is 0 Å². The topological polar surface area (TPSA) is 70.8 Å². The summed E-state index contributed by atoms with van der Waals surface area (Å²) in [6.45, 7) is 10.3. The highest BCUT2D eigenvalue weighted by Crippen LogP contribution is 2.19. The van der Waals surface area contributed by atoms with Crippen molar-refractivity contribution in [1.29, 1.82) is 0 Å². The van der Waals surface area contributed by atoms with Gasteiger partial charge >= 0.3 is 6.09 Å². The van der Waals surface area contributed by atoms with Crippen molar-refractivity contribution in [3.05, 3.63) is 12.0 Å². The lowest BCUT2D eigenvalue weighted by atomic mass is 10.0. The van der Waals surface area contributed by atoms with Crippen molar-refractivity contribution in [1.82, 2.24) is 15.1 Å². The maximum atomic E-state index is 12.1. The maximum Gasteiger partial charge on any atom is 0.410 e. The number of nitrogens with zero attached hydrogens (tertiary/aromatic N) is 2. The highest BCUT2D eigenvalue weighted by atomic mass is 16.6. The third-order valence-corrected chi connectivity index (χ3v) is 3.55. The molecule has 0 aromatic rings. The van der Waals surface area contributed by atoms with Gasteiger partial charge in [0.1, 0.15) is 11.4 Å². The summed E-state index contributed by atoms with van der Waals surface area (Å²) in [5.74, 6) is 0.968. The van der Waals surface area contributed by atoms with Gasteiger partial charge in [-0.05, 0) is 40.5 Å². The Balaban J connectivity index is 2.50. The van der Waals surface area contributed by atoms with Crippen LogP contribution in [0.2, 0.25) is 0 Å². The first-order valence-electron chi connectivity index (χ1n) is 7.65. The maximum absolute atomic E-state index is 12.1. The molecule has 1 aliphatic rings.